The maximum absolute atomic E-state index is 13.5. The number of carbonyl (C=O) groups excluding carboxylic acids is 1. The predicted octanol–water partition coefficient (Wildman–Crippen LogP) is 3.02. The quantitative estimate of drug-likeness (QED) is 0.540. The van der Waals surface area contributed by atoms with Crippen LogP contribution in [-0.4, -0.2) is 63.3 Å². The van der Waals surface area contributed by atoms with Gasteiger partial charge in [-0.15, -0.1) is 0 Å². The van der Waals surface area contributed by atoms with Crippen molar-refractivity contribution in [3.8, 4) is 5.75 Å². The highest BCUT2D eigenvalue weighted by Gasteiger charge is 2.13. The minimum absolute atomic E-state index is 0.0215. The first-order chi connectivity index (χ1) is 14.5. The van der Waals surface area contributed by atoms with E-state index in [2.05, 4.69) is 20.5 Å². The minimum Gasteiger partial charge on any atom is -0.497 e. The monoisotopic (exact) mass is 434 g/mol. The maximum Gasteiger partial charge on any atom is 0.258 e. The van der Waals surface area contributed by atoms with Crippen molar-refractivity contribution in [2.75, 3.05) is 51.8 Å². The molecule has 0 bridgehead atoms. The Bertz CT molecular complexity index is 904. The molecule has 2 N–H and O–H groups in total. The van der Waals surface area contributed by atoms with Crippen molar-refractivity contribution in [3.63, 3.8) is 0 Å². The smallest absolute Gasteiger partial charge is 0.258 e. The number of nitrogens with zero attached hydrogens (tertiary/aromatic N) is 2. The molecule has 0 saturated carbocycles. The van der Waals surface area contributed by atoms with Gasteiger partial charge in [-0.05, 0) is 36.4 Å². The molecular weight excluding hydrogens is 411 g/mol. The van der Waals surface area contributed by atoms with Crippen LogP contribution in [0.2, 0.25) is 5.02 Å². The highest BCUT2D eigenvalue weighted by atomic mass is 35.5. The number of carbonyl (C=O) groups is 1. The summed E-state index contributed by atoms with van der Waals surface area (Å²) in [7, 11) is 1.54. The van der Waals surface area contributed by atoms with Gasteiger partial charge in [0.2, 0.25) is 5.96 Å². The Hall–Kier alpha value is -2.68. The fourth-order valence-corrected chi connectivity index (χ4v) is 3.07. The lowest BCUT2D eigenvalue weighted by molar-refractivity contribution is 0.0394. The molecule has 3 rings (SSSR count). The summed E-state index contributed by atoms with van der Waals surface area (Å²) in [6, 6.07) is 11.0. The van der Waals surface area contributed by atoms with Crippen molar-refractivity contribution in [1.82, 2.24) is 10.2 Å². The number of hydrogen-bond donors (Lipinski definition) is 2. The predicted molar refractivity (Wildman–Crippen MR) is 115 cm³/mol. The molecule has 0 unspecified atom stereocenters. The van der Waals surface area contributed by atoms with Crippen LogP contribution in [0, 0.1) is 5.82 Å². The van der Waals surface area contributed by atoms with E-state index in [1.54, 1.807) is 24.3 Å². The van der Waals surface area contributed by atoms with Crippen LogP contribution in [0.5, 0.6) is 5.75 Å². The van der Waals surface area contributed by atoms with Crippen molar-refractivity contribution < 1.29 is 18.7 Å². The molecule has 1 saturated heterocycles. The number of aliphatic imine (C=N–C) groups is 1. The number of hydrogen-bond acceptors (Lipinski definition) is 5. The van der Waals surface area contributed by atoms with Gasteiger partial charge in [-0.25, -0.2) is 4.39 Å². The van der Waals surface area contributed by atoms with E-state index in [0.717, 1.165) is 19.6 Å². The fraction of sp³-hybridized carbons (Fsp3) is 0.333. The van der Waals surface area contributed by atoms with Crippen LogP contribution in [0.3, 0.4) is 0 Å². The van der Waals surface area contributed by atoms with Gasteiger partial charge in [0, 0.05) is 30.9 Å². The number of halogens is 2. The van der Waals surface area contributed by atoms with Gasteiger partial charge in [0.25, 0.3) is 5.91 Å². The van der Waals surface area contributed by atoms with Crippen molar-refractivity contribution in [2.24, 2.45) is 4.99 Å². The largest absolute Gasteiger partial charge is 0.497 e. The summed E-state index contributed by atoms with van der Waals surface area (Å²) in [5.74, 6) is -0.0429. The van der Waals surface area contributed by atoms with Gasteiger partial charge in [-0.3, -0.25) is 20.0 Å². The molecule has 9 heteroatoms. The van der Waals surface area contributed by atoms with E-state index in [1.165, 1.54) is 25.3 Å². The molecule has 2 aromatic rings. The van der Waals surface area contributed by atoms with Gasteiger partial charge < -0.3 is 14.8 Å². The molecule has 0 aromatic heterocycles. The summed E-state index contributed by atoms with van der Waals surface area (Å²) in [6.45, 7) is 4.30. The molecule has 2 aromatic carbocycles. The van der Waals surface area contributed by atoms with Crippen LogP contribution in [-0.2, 0) is 4.74 Å². The number of methoxy groups -OCH3 is 1. The first kappa shape index (κ1) is 22.0. The molecule has 1 aliphatic rings. The topological polar surface area (TPSA) is 75.2 Å². The van der Waals surface area contributed by atoms with Crippen LogP contribution in [0.25, 0.3) is 0 Å². The second kappa shape index (κ2) is 10.9. The Morgan fingerprint density at radius 2 is 2.07 bits per heavy atom. The molecule has 1 heterocycles. The normalized spacial score (nSPS) is 15.0. The zero-order valence-electron chi connectivity index (χ0n) is 16.7. The van der Waals surface area contributed by atoms with E-state index in [4.69, 9.17) is 21.1 Å². The number of nitrogens with one attached hydrogen (secondary N) is 2. The Morgan fingerprint density at radius 3 is 2.80 bits per heavy atom. The van der Waals surface area contributed by atoms with Crippen LogP contribution in [0.15, 0.2) is 47.5 Å². The number of ether oxygens (including phenoxy) is 2. The Labute approximate surface area is 179 Å². The van der Waals surface area contributed by atoms with Gasteiger partial charge in [0.15, 0.2) is 0 Å². The summed E-state index contributed by atoms with van der Waals surface area (Å²) < 4.78 is 24.0. The third-order valence-electron chi connectivity index (χ3n) is 4.54. The SMILES string of the molecule is COc1cccc(C(=O)NC(=NCCN2CCOCC2)Nc2ccc(F)c(Cl)c2)c1. The number of amides is 1. The van der Waals surface area contributed by atoms with E-state index < -0.39 is 5.82 Å². The lowest BCUT2D eigenvalue weighted by atomic mass is 10.2. The zero-order valence-corrected chi connectivity index (χ0v) is 17.4. The molecule has 1 amide bonds. The molecule has 30 heavy (non-hydrogen) atoms. The Morgan fingerprint density at radius 1 is 1.27 bits per heavy atom. The molecule has 1 fully saturated rings. The van der Waals surface area contributed by atoms with Gasteiger partial charge in [0.05, 0.1) is 31.9 Å². The summed E-state index contributed by atoms with van der Waals surface area (Å²) in [4.78, 5) is 19.4. The molecule has 7 nitrogen and oxygen atoms in total. The first-order valence-electron chi connectivity index (χ1n) is 9.57. The Balaban J connectivity index is 1.72. The van der Waals surface area contributed by atoms with Crippen molar-refractivity contribution in [1.29, 1.82) is 0 Å². The molecule has 1 aliphatic heterocycles. The van der Waals surface area contributed by atoms with Gasteiger partial charge in [-0.2, -0.15) is 0 Å². The summed E-state index contributed by atoms with van der Waals surface area (Å²) in [5.41, 5.74) is 0.937. The molecule has 0 radical (unpaired) electrons. The third-order valence-corrected chi connectivity index (χ3v) is 4.83. The Kier molecular flexibility index (Phi) is 8.01. The van der Waals surface area contributed by atoms with Crippen LogP contribution in [0.4, 0.5) is 10.1 Å². The second-order valence-corrected chi connectivity index (χ2v) is 7.03. The van der Waals surface area contributed by atoms with Gasteiger partial charge >= 0.3 is 0 Å². The molecule has 160 valence electrons. The standard InChI is InChI=1S/C21H24ClFN4O3/c1-29-17-4-2-3-15(13-17)20(28)26-21(24-7-8-27-9-11-30-12-10-27)25-16-5-6-19(23)18(22)14-16/h2-6,13-14H,7-12H2,1H3,(H2,24,25,26,28). The fourth-order valence-electron chi connectivity index (χ4n) is 2.89. The molecule has 0 spiro atoms. The van der Waals surface area contributed by atoms with Gasteiger partial charge in [0.1, 0.15) is 11.6 Å². The van der Waals surface area contributed by atoms with Crippen LogP contribution in [0.1, 0.15) is 10.4 Å². The van der Waals surface area contributed by atoms with E-state index in [9.17, 15) is 9.18 Å². The molecule has 0 aliphatic carbocycles. The molecular formula is C21H24ClFN4O3. The van der Waals surface area contributed by atoms with E-state index in [1.807, 2.05) is 0 Å². The van der Waals surface area contributed by atoms with E-state index in [-0.39, 0.29) is 16.9 Å². The number of guanidine groups is 1. The third kappa shape index (κ3) is 6.41. The van der Waals surface area contributed by atoms with Crippen molar-refractivity contribution >= 4 is 29.2 Å². The number of anilines is 1. The van der Waals surface area contributed by atoms with Crippen molar-refractivity contribution in [3.05, 3.63) is 58.9 Å². The van der Waals surface area contributed by atoms with E-state index >= 15 is 0 Å². The average Bonchev–Trinajstić information content (AvgIpc) is 2.77. The lowest BCUT2D eigenvalue weighted by Gasteiger charge is -2.25. The lowest BCUT2D eigenvalue weighted by Crippen LogP contribution is -2.39. The summed E-state index contributed by atoms with van der Waals surface area (Å²) in [6.07, 6.45) is 0. The summed E-state index contributed by atoms with van der Waals surface area (Å²) in [5, 5.41) is 5.75. The highest BCUT2D eigenvalue weighted by Crippen LogP contribution is 2.19. The van der Waals surface area contributed by atoms with Crippen LogP contribution < -0.4 is 15.4 Å². The van der Waals surface area contributed by atoms with E-state index in [0.29, 0.717) is 36.8 Å². The zero-order chi connectivity index (χ0) is 21.3. The average molecular weight is 435 g/mol. The maximum atomic E-state index is 13.5. The number of benzene rings is 2. The first-order valence-corrected chi connectivity index (χ1v) is 9.95. The molecule has 0 atom stereocenters. The highest BCUT2D eigenvalue weighted by molar-refractivity contribution is 6.31. The minimum atomic E-state index is -0.520. The number of rotatable bonds is 6. The van der Waals surface area contributed by atoms with Crippen molar-refractivity contribution in [2.45, 2.75) is 0 Å². The number of morpholine rings is 1. The summed E-state index contributed by atoms with van der Waals surface area (Å²) >= 11 is 5.86. The van der Waals surface area contributed by atoms with Crippen LogP contribution >= 0.6 is 11.6 Å². The van der Waals surface area contributed by atoms with Gasteiger partial charge in [-0.1, -0.05) is 17.7 Å². The second-order valence-electron chi connectivity index (χ2n) is 6.62.